The average molecular weight is 322 g/mol. The number of rotatable bonds is 8. The second kappa shape index (κ2) is 12.4. The summed E-state index contributed by atoms with van der Waals surface area (Å²) in [5.74, 6) is 0. The Balaban J connectivity index is 0.000000690. The number of piperidine rings is 1. The Labute approximate surface area is 132 Å². The molecule has 0 amide bonds. The fourth-order valence-electron chi connectivity index (χ4n) is 2.91. The van der Waals surface area contributed by atoms with E-state index < -0.39 is 10.1 Å². The van der Waals surface area contributed by atoms with Crippen molar-refractivity contribution in [3.05, 3.63) is 0 Å². The van der Waals surface area contributed by atoms with Crippen LogP contribution in [0.3, 0.4) is 0 Å². The molecule has 1 aliphatic heterocycles. The first kappa shape index (κ1) is 20.9. The molecular formula is C16H35NO3S. The highest BCUT2D eigenvalue weighted by atomic mass is 32.2. The lowest BCUT2D eigenvalue weighted by Gasteiger charge is -2.35. The molecule has 1 N–H and O–H groups in total. The van der Waals surface area contributed by atoms with Crippen LogP contribution in [0.4, 0.5) is 0 Å². The standard InChI is InChI=1S/C15H31N.CH4O3S/c1-3-5-6-7-8-10-13-16-14-11-9-12-15(16)4-2;1-5(2,3)4/h15H,3-14H2,1-2H3;1H3,(H,2,3,4). The van der Waals surface area contributed by atoms with Gasteiger partial charge in [0.05, 0.1) is 6.26 Å². The largest absolute Gasteiger partial charge is 0.300 e. The Hall–Kier alpha value is -0.130. The van der Waals surface area contributed by atoms with Crippen molar-refractivity contribution in [3.8, 4) is 0 Å². The molecule has 1 atom stereocenters. The molecule has 0 aliphatic carbocycles. The van der Waals surface area contributed by atoms with Gasteiger partial charge >= 0.3 is 0 Å². The van der Waals surface area contributed by atoms with Gasteiger partial charge in [-0.3, -0.25) is 4.55 Å². The summed E-state index contributed by atoms with van der Waals surface area (Å²) in [6, 6.07) is 0.907. The maximum absolute atomic E-state index is 9.19. The average Bonchev–Trinajstić information content (AvgIpc) is 2.41. The molecule has 1 unspecified atom stereocenters. The molecule has 1 fully saturated rings. The quantitative estimate of drug-likeness (QED) is 0.540. The fourth-order valence-corrected chi connectivity index (χ4v) is 2.91. The maximum Gasteiger partial charge on any atom is 0.261 e. The van der Waals surface area contributed by atoms with Gasteiger partial charge < -0.3 is 4.90 Å². The van der Waals surface area contributed by atoms with E-state index in [1.165, 1.54) is 77.3 Å². The van der Waals surface area contributed by atoms with E-state index >= 15 is 0 Å². The zero-order chi connectivity index (χ0) is 16.1. The Bertz CT molecular complexity index is 322. The lowest BCUT2D eigenvalue weighted by atomic mass is 9.99. The summed E-state index contributed by atoms with van der Waals surface area (Å²) in [7, 11) is -3.67. The minimum Gasteiger partial charge on any atom is -0.300 e. The minimum atomic E-state index is -3.67. The summed E-state index contributed by atoms with van der Waals surface area (Å²) in [4.78, 5) is 2.75. The van der Waals surface area contributed by atoms with Crippen LogP contribution < -0.4 is 0 Å². The molecule has 0 radical (unpaired) electrons. The molecule has 128 valence electrons. The van der Waals surface area contributed by atoms with Crippen LogP contribution >= 0.6 is 0 Å². The molecule has 1 heterocycles. The van der Waals surface area contributed by atoms with Crippen molar-refractivity contribution in [2.75, 3.05) is 19.3 Å². The van der Waals surface area contributed by atoms with Crippen LogP contribution in [-0.2, 0) is 10.1 Å². The molecule has 0 aromatic heterocycles. The number of nitrogens with zero attached hydrogens (tertiary/aromatic N) is 1. The van der Waals surface area contributed by atoms with Gasteiger partial charge in [0.25, 0.3) is 10.1 Å². The van der Waals surface area contributed by atoms with Crippen molar-refractivity contribution in [2.45, 2.75) is 84.1 Å². The summed E-state index contributed by atoms with van der Waals surface area (Å²) >= 11 is 0. The first-order valence-electron chi connectivity index (χ1n) is 8.55. The molecule has 4 nitrogen and oxygen atoms in total. The summed E-state index contributed by atoms with van der Waals surface area (Å²) in [6.07, 6.45) is 15.0. The van der Waals surface area contributed by atoms with Crippen LogP contribution in [0.1, 0.15) is 78.1 Å². The number of hydrogen-bond acceptors (Lipinski definition) is 3. The number of likely N-dealkylation sites (tertiary alicyclic amines) is 1. The van der Waals surface area contributed by atoms with Gasteiger partial charge in [-0.25, -0.2) is 0 Å². The van der Waals surface area contributed by atoms with Crippen molar-refractivity contribution in [1.82, 2.24) is 4.90 Å². The first-order valence-corrected chi connectivity index (χ1v) is 10.4. The first-order chi connectivity index (χ1) is 9.88. The van der Waals surface area contributed by atoms with Crippen molar-refractivity contribution in [1.29, 1.82) is 0 Å². The lowest BCUT2D eigenvalue weighted by molar-refractivity contribution is 0.141. The van der Waals surface area contributed by atoms with Gasteiger partial charge in [0.2, 0.25) is 0 Å². The zero-order valence-electron chi connectivity index (χ0n) is 14.2. The smallest absolute Gasteiger partial charge is 0.261 e. The molecule has 0 saturated carbocycles. The van der Waals surface area contributed by atoms with Crippen molar-refractivity contribution in [2.24, 2.45) is 0 Å². The van der Waals surface area contributed by atoms with Crippen molar-refractivity contribution < 1.29 is 13.0 Å². The molecule has 1 aliphatic rings. The van der Waals surface area contributed by atoms with Gasteiger partial charge in [-0.1, -0.05) is 52.4 Å². The van der Waals surface area contributed by atoms with Gasteiger partial charge in [0, 0.05) is 6.04 Å². The zero-order valence-corrected chi connectivity index (χ0v) is 15.0. The highest BCUT2D eigenvalue weighted by molar-refractivity contribution is 7.85. The molecule has 0 bridgehead atoms. The summed E-state index contributed by atoms with van der Waals surface area (Å²) < 4.78 is 25.9. The molecule has 1 saturated heterocycles. The Morgan fingerprint density at radius 3 is 2.19 bits per heavy atom. The van der Waals surface area contributed by atoms with E-state index in [1.54, 1.807) is 0 Å². The maximum atomic E-state index is 9.19. The molecule has 5 heteroatoms. The Morgan fingerprint density at radius 2 is 1.62 bits per heavy atom. The monoisotopic (exact) mass is 321 g/mol. The minimum absolute atomic E-state index is 0.715. The molecule has 1 rings (SSSR count). The molecule has 0 aromatic rings. The topological polar surface area (TPSA) is 57.6 Å². The predicted molar refractivity (Wildman–Crippen MR) is 90.4 cm³/mol. The second-order valence-electron chi connectivity index (χ2n) is 6.09. The van der Waals surface area contributed by atoms with E-state index in [9.17, 15) is 8.42 Å². The van der Waals surface area contributed by atoms with Crippen molar-refractivity contribution in [3.63, 3.8) is 0 Å². The van der Waals surface area contributed by atoms with E-state index in [-0.39, 0.29) is 0 Å². The van der Waals surface area contributed by atoms with Crippen LogP contribution in [0, 0.1) is 0 Å². The van der Waals surface area contributed by atoms with Crippen LogP contribution in [-0.4, -0.2) is 43.3 Å². The van der Waals surface area contributed by atoms with Gasteiger partial charge in [-0.05, 0) is 38.8 Å². The number of unbranched alkanes of at least 4 members (excludes halogenated alkanes) is 5. The van der Waals surface area contributed by atoms with Crippen LogP contribution in [0.15, 0.2) is 0 Å². The van der Waals surface area contributed by atoms with E-state index in [0.29, 0.717) is 6.26 Å². The van der Waals surface area contributed by atoms with Gasteiger partial charge in [0.1, 0.15) is 0 Å². The Morgan fingerprint density at radius 1 is 1.05 bits per heavy atom. The molecule has 0 spiro atoms. The van der Waals surface area contributed by atoms with Crippen LogP contribution in [0.25, 0.3) is 0 Å². The predicted octanol–water partition coefficient (Wildman–Crippen LogP) is 4.12. The van der Waals surface area contributed by atoms with Crippen molar-refractivity contribution >= 4 is 10.1 Å². The molecule has 0 aromatic carbocycles. The summed E-state index contributed by atoms with van der Waals surface area (Å²) in [6.45, 7) is 7.38. The lowest BCUT2D eigenvalue weighted by Crippen LogP contribution is -2.39. The van der Waals surface area contributed by atoms with Crippen LogP contribution in [0.2, 0.25) is 0 Å². The third kappa shape index (κ3) is 14.6. The fraction of sp³-hybridized carbons (Fsp3) is 1.00. The SMILES string of the molecule is CCCCCCCCN1CCCCC1CC.CS(=O)(=O)O. The van der Waals surface area contributed by atoms with E-state index in [2.05, 4.69) is 18.7 Å². The van der Waals surface area contributed by atoms with Gasteiger partial charge in [-0.2, -0.15) is 8.42 Å². The number of hydrogen-bond donors (Lipinski definition) is 1. The van der Waals surface area contributed by atoms with E-state index in [1.807, 2.05) is 0 Å². The van der Waals surface area contributed by atoms with E-state index in [0.717, 1.165) is 6.04 Å². The molecular weight excluding hydrogens is 286 g/mol. The van der Waals surface area contributed by atoms with Gasteiger partial charge in [0.15, 0.2) is 0 Å². The third-order valence-electron chi connectivity index (χ3n) is 4.02. The summed E-state index contributed by atoms with van der Waals surface area (Å²) in [5, 5.41) is 0. The normalized spacial score (nSPS) is 19.9. The third-order valence-corrected chi connectivity index (χ3v) is 4.02. The Kier molecular flexibility index (Phi) is 12.3. The molecule has 21 heavy (non-hydrogen) atoms. The van der Waals surface area contributed by atoms with E-state index in [4.69, 9.17) is 4.55 Å². The second-order valence-corrected chi connectivity index (χ2v) is 7.56. The summed E-state index contributed by atoms with van der Waals surface area (Å²) in [5.41, 5.74) is 0. The van der Waals surface area contributed by atoms with Crippen LogP contribution in [0.5, 0.6) is 0 Å². The highest BCUT2D eigenvalue weighted by Crippen LogP contribution is 2.20. The van der Waals surface area contributed by atoms with Gasteiger partial charge in [-0.15, -0.1) is 0 Å². The highest BCUT2D eigenvalue weighted by Gasteiger charge is 2.19.